The highest BCUT2D eigenvalue weighted by Gasteiger charge is 2.50. The molecule has 1 fully saturated rings. The van der Waals surface area contributed by atoms with Crippen molar-refractivity contribution >= 4 is 22.6 Å². The van der Waals surface area contributed by atoms with Gasteiger partial charge in [-0.3, -0.25) is 4.79 Å². The van der Waals surface area contributed by atoms with Crippen molar-refractivity contribution in [3.05, 3.63) is 24.5 Å². The maximum absolute atomic E-state index is 12.4. The van der Waals surface area contributed by atoms with Gasteiger partial charge in [-0.1, -0.05) is 0 Å². The number of nitrogens with zero attached hydrogens (tertiary/aromatic N) is 3. The van der Waals surface area contributed by atoms with E-state index in [4.69, 9.17) is 5.73 Å². The Bertz CT molecular complexity index is 642. The van der Waals surface area contributed by atoms with Crippen LogP contribution >= 0.6 is 0 Å². The van der Waals surface area contributed by atoms with Crippen molar-refractivity contribution in [1.82, 2.24) is 9.55 Å². The fraction of sp³-hybridized carbons (Fsp3) is 0.429. The number of imidazole rings is 1. The molecule has 1 aliphatic carbocycles. The Morgan fingerprint density at radius 2 is 2.26 bits per heavy atom. The second-order valence-electron chi connectivity index (χ2n) is 5.38. The fourth-order valence-corrected chi connectivity index (χ4v) is 2.46. The first kappa shape index (κ1) is 12.2. The molecule has 1 aromatic heterocycles. The van der Waals surface area contributed by atoms with Crippen molar-refractivity contribution in [3.8, 4) is 0 Å². The lowest BCUT2D eigenvalue weighted by molar-refractivity contribution is -0.123. The number of benzene rings is 1. The first-order valence-corrected chi connectivity index (χ1v) is 6.47. The van der Waals surface area contributed by atoms with Crippen LogP contribution < -0.4 is 10.6 Å². The van der Waals surface area contributed by atoms with E-state index in [9.17, 15) is 4.79 Å². The largest absolute Gasteiger partial charge is 0.334 e. The third kappa shape index (κ3) is 1.81. The number of carbonyl (C=O) groups is 1. The van der Waals surface area contributed by atoms with Gasteiger partial charge in [-0.25, -0.2) is 4.98 Å². The highest BCUT2D eigenvalue weighted by molar-refractivity contribution is 6.00. The quantitative estimate of drug-likeness (QED) is 0.902. The summed E-state index contributed by atoms with van der Waals surface area (Å²) in [5.41, 5.74) is 8.24. The van der Waals surface area contributed by atoms with Crippen molar-refractivity contribution in [2.75, 3.05) is 18.5 Å². The lowest BCUT2D eigenvalue weighted by Gasteiger charge is -2.22. The number of anilines is 1. The summed E-state index contributed by atoms with van der Waals surface area (Å²) in [6, 6.07) is 5.89. The number of aryl methyl sites for hydroxylation is 1. The van der Waals surface area contributed by atoms with Gasteiger partial charge in [0.25, 0.3) is 0 Å². The molecule has 1 aliphatic rings. The van der Waals surface area contributed by atoms with Crippen molar-refractivity contribution in [2.45, 2.75) is 12.8 Å². The lowest BCUT2D eigenvalue weighted by Crippen LogP contribution is -2.38. The lowest BCUT2D eigenvalue weighted by atomic mass is 10.1. The predicted octanol–water partition coefficient (Wildman–Crippen LogP) is 1.27. The molecule has 1 aromatic carbocycles. The number of rotatable bonds is 3. The minimum Gasteiger partial charge on any atom is -0.334 e. The van der Waals surface area contributed by atoms with Crippen LogP contribution in [0.3, 0.4) is 0 Å². The Labute approximate surface area is 112 Å². The second kappa shape index (κ2) is 4.06. The summed E-state index contributed by atoms with van der Waals surface area (Å²) in [6.07, 6.45) is 3.58. The average molecular weight is 258 g/mol. The standard InChI is InChI=1S/C14H18N4O/c1-17-9-16-11-7-10(3-4-12(11)17)18(2)13(19)14(8-15)5-6-14/h3-4,7,9H,5-6,8,15H2,1-2H3. The van der Waals surface area contributed by atoms with Gasteiger partial charge in [-0.2, -0.15) is 0 Å². The fourth-order valence-electron chi connectivity index (χ4n) is 2.46. The van der Waals surface area contributed by atoms with Gasteiger partial charge in [0.1, 0.15) is 0 Å². The zero-order valence-electron chi connectivity index (χ0n) is 11.3. The number of nitrogens with two attached hydrogens (primary N) is 1. The number of hydrogen-bond acceptors (Lipinski definition) is 3. The number of fused-ring (bicyclic) bond motifs is 1. The molecule has 0 atom stereocenters. The number of carbonyl (C=O) groups excluding carboxylic acids is 1. The molecular weight excluding hydrogens is 240 g/mol. The number of hydrogen-bond donors (Lipinski definition) is 1. The van der Waals surface area contributed by atoms with E-state index < -0.39 is 0 Å². The Morgan fingerprint density at radius 3 is 2.89 bits per heavy atom. The van der Waals surface area contributed by atoms with Gasteiger partial charge < -0.3 is 15.2 Å². The van der Waals surface area contributed by atoms with Crippen LogP contribution in [0.15, 0.2) is 24.5 Å². The molecule has 5 nitrogen and oxygen atoms in total. The molecule has 0 unspecified atom stereocenters. The minimum absolute atomic E-state index is 0.116. The Hall–Kier alpha value is -1.88. The van der Waals surface area contributed by atoms with Crippen LogP contribution in [0.5, 0.6) is 0 Å². The van der Waals surface area contributed by atoms with Gasteiger partial charge in [0.05, 0.1) is 22.8 Å². The van der Waals surface area contributed by atoms with E-state index in [1.165, 1.54) is 0 Å². The zero-order chi connectivity index (χ0) is 13.6. The van der Waals surface area contributed by atoms with Crippen molar-refractivity contribution < 1.29 is 4.79 Å². The molecular formula is C14H18N4O. The highest BCUT2D eigenvalue weighted by Crippen LogP contribution is 2.46. The van der Waals surface area contributed by atoms with E-state index in [-0.39, 0.29) is 11.3 Å². The van der Waals surface area contributed by atoms with Gasteiger partial charge in [0, 0.05) is 26.3 Å². The summed E-state index contributed by atoms with van der Waals surface area (Å²) in [5, 5.41) is 0. The number of aromatic nitrogens is 2. The summed E-state index contributed by atoms with van der Waals surface area (Å²) >= 11 is 0. The molecule has 0 radical (unpaired) electrons. The van der Waals surface area contributed by atoms with Crippen LogP contribution in [0.2, 0.25) is 0 Å². The molecule has 3 rings (SSSR count). The van der Waals surface area contributed by atoms with E-state index in [1.807, 2.05) is 36.9 Å². The summed E-state index contributed by atoms with van der Waals surface area (Å²) in [7, 11) is 3.76. The van der Waals surface area contributed by atoms with Crippen LogP contribution in [-0.2, 0) is 11.8 Å². The topological polar surface area (TPSA) is 64.2 Å². The molecule has 1 saturated carbocycles. The molecule has 19 heavy (non-hydrogen) atoms. The SMILES string of the molecule is CN(C(=O)C1(CN)CC1)c1ccc2c(c1)ncn2C. The van der Waals surface area contributed by atoms with Gasteiger partial charge in [-0.15, -0.1) is 0 Å². The monoisotopic (exact) mass is 258 g/mol. The van der Waals surface area contributed by atoms with Crippen LogP contribution in [-0.4, -0.2) is 29.1 Å². The Balaban J connectivity index is 1.93. The van der Waals surface area contributed by atoms with Gasteiger partial charge >= 0.3 is 0 Å². The van der Waals surface area contributed by atoms with Crippen molar-refractivity contribution in [2.24, 2.45) is 18.2 Å². The molecule has 0 aliphatic heterocycles. The maximum atomic E-state index is 12.4. The molecule has 5 heteroatoms. The van der Waals surface area contributed by atoms with E-state index in [0.29, 0.717) is 6.54 Å². The first-order chi connectivity index (χ1) is 9.07. The molecule has 1 heterocycles. The van der Waals surface area contributed by atoms with Crippen LogP contribution in [0.1, 0.15) is 12.8 Å². The van der Waals surface area contributed by atoms with Gasteiger partial charge in [-0.05, 0) is 31.0 Å². The molecule has 0 bridgehead atoms. The van der Waals surface area contributed by atoms with Gasteiger partial charge in [0.15, 0.2) is 0 Å². The van der Waals surface area contributed by atoms with E-state index >= 15 is 0 Å². The van der Waals surface area contributed by atoms with E-state index in [1.54, 1.807) is 11.2 Å². The van der Waals surface area contributed by atoms with Crippen molar-refractivity contribution in [1.29, 1.82) is 0 Å². The Kier molecular flexibility index (Phi) is 2.60. The van der Waals surface area contributed by atoms with Crippen LogP contribution in [0, 0.1) is 5.41 Å². The maximum Gasteiger partial charge on any atom is 0.234 e. The highest BCUT2D eigenvalue weighted by atomic mass is 16.2. The van der Waals surface area contributed by atoms with Crippen LogP contribution in [0.25, 0.3) is 11.0 Å². The first-order valence-electron chi connectivity index (χ1n) is 6.47. The average Bonchev–Trinajstić information content (AvgIpc) is 3.16. The zero-order valence-corrected chi connectivity index (χ0v) is 11.3. The molecule has 2 aromatic rings. The van der Waals surface area contributed by atoms with Gasteiger partial charge in [0.2, 0.25) is 5.91 Å². The molecule has 0 saturated heterocycles. The second-order valence-corrected chi connectivity index (χ2v) is 5.38. The van der Waals surface area contributed by atoms with Crippen LogP contribution in [0.4, 0.5) is 5.69 Å². The smallest absolute Gasteiger partial charge is 0.234 e. The summed E-state index contributed by atoms with van der Waals surface area (Å²) in [6.45, 7) is 0.433. The third-order valence-corrected chi connectivity index (χ3v) is 4.10. The summed E-state index contributed by atoms with van der Waals surface area (Å²) < 4.78 is 1.96. The number of amides is 1. The Morgan fingerprint density at radius 1 is 1.53 bits per heavy atom. The normalized spacial score (nSPS) is 16.6. The molecule has 2 N–H and O–H groups in total. The third-order valence-electron chi connectivity index (χ3n) is 4.10. The minimum atomic E-state index is -0.312. The van der Waals surface area contributed by atoms with Crippen molar-refractivity contribution in [3.63, 3.8) is 0 Å². The van der Waals surface area contributed by atoms with E-state index in [0.717, 1.165) is 29.6 Å². The molecule has 0 spiro atoms. The van der Waals surface area contributed by atoms with E-state index in [2.05, 4.69) is 4.98 Å². The molecule has 100 valence electrons. The molecule has 1 amide bonds. The predicted molar refractivity (Wildman–Crippen MR) is 74.8 cm³/mol. The summed E-state index contributed by atoms with van der Waals surface area (Å²) in [5.74, 6) is 0.116. The summed E-state index contributed by atoms with van der Waals surface area (Å²) in [4.78, 5) is 18.4.